The quantitative estimate of drug-likeness (QED) is 0.247. The summed E-state index contributed by atoms with van der Waals surface area (Å²) in [4.78, 5) is 20.7. The minimum absolute atomic E-state index is 0.171. The van der Waals surface area contributed by atoms with E-state index in [-0.39, 0.29) is 12.4 Å². The average molecular weight is 446 g/mol. The van der Waals surface area contributed by atoms with Gasteiger partial charge in [-0.05, 0) is 38.1 Å². The fraction of sp³-hybridized carbons (Fsp3) is 0.500. The second-order valence-corrected chi connectivity index (χ2v) is 8.27. The van der Waals surface area contributed by atoms with Gasteiger partial charge < -0.3 is 19.3 Å². The van der Waals surface area contributed by atoms with Gasteiger partial charge in [0.1, 0.15) is 5.75 Å². The Kier molecular flexibility index (Phi) is 9.26. The number of nitrogens with zero attached hydrogens (tertiary/aromatic N) is 4. The van der Waals surface area contributed by atoms with Crippen molar-refractivity contribution in [3.05, 3.63) is 40.9 Å². The van der Waals surface area contributed by atoms with E-state index < -0.39 is 0 Å². The Balaban J connectivity index is 1.39. The number of hydrogen-bond donors (Lipinski definition) is 1. The van der Waals surface area contributed by atoms with Crippen LogP contribution < -0.4 is 10.2 Å². The van der Waals surface area contributed by atoms with Gasteiger partial charge in [-0.3, -0.25) is 10.2 Å². The van der Waals surface area contributed by atoms with Gasteiger partial charge in [-0.15, -0.1) is 11.3 Å². The van der Waals surface area contributed by atoms with Gasteiger partial charge in [0, 0.05) is 38.1 Å². The molecule has 0 radical (unpaired) electrons. The number of thiazole rings is 1. The molecule has 9 heteroatoms. The first-order valence-electron chi connectivity index (χ1n) is 10.6. The molecule has 1 aliphatic rings. The van der Waals surface area contributed by atoms with Gasteiger partial charge in [0.2, 0.25) is 5.13 Å². The summed E-state index contributed by atoms with van der Waals surface area (Å²) in [6.07, 6.45) is 2.91. The molecule has 8 nitrogen and oxygen atoms in total. The minimum atomic E-state index is -0.275. The van der Waals surface area contributed by atoms with Gasteiger partial charge in [0.15, 0.2) is 0 Å². The van der Waals surface area contributed by atoms with E-state index >= 15 is 0 Å². The number of rotatable bonds is 11. The van der Waals surface area contributed by atoms with Crippen LogP contribution in [0.4, 0.5) is 5.13 Å². The maximum atomic E-state index is 11.5. The van der Waals surface area contributed by atoms with Crippen LogP contribution in [0.5, 0.6) is 5.75 Å². The number of nitrogens with one attached hydrogen (secondary N) is 1. The second kappa shape index (κ2) is 12.4. The molecule has 168 valence electrons. The largest absolute Gasteiger partial charge is 0.494 e. The fourth-order valence-corrected chi connectivity index (χ4v) is 3.85. The highest BCUT2D eigenvalue weighted by molar-refractivity contribution is 7.13. The van der Waals surface area contributed by atoms with Crippen molar-refractivity contribution in [3.63, 3.8) is 0 Å². The van der Waals surface area contributed by atoms with Crippen LogP contribution >= 0.6 is 11.3 Å². The van der Waals surface area contributed by atoms with Crippen molar-refractivity contribution < 1.29 is 14.3 Å². The Bertz CT molecular complexity index is 849. The van der Waals surface area contributed by atoms with Crippen molar-refractivity contribution in [2.75, 3.05) is 58.4 Å². The predicted octanol–water partition coefficient (Wildman–Crippen LogP) is 2.71. The van der Waals surface area contributed by atoms with E-state index in [1.54, 1.807) is 13.1 Å². The van der Waals surface area contributed by atoms with E-state index in [1.165, 1.54) is 11.3 Å². The van der Waals surface area contributed by atoms with Crippen LogP contribution in [-0.4, -0.2) is 80.0 Å². The third kappa shape index (κ3) is 8.28. The molecule has 0 unspecified atom stereocenters. The van der Waals surface area contributed by atoms with E-state index in [9.17, 15) is 4.79 Å². The molecule has 1 saturated heterocycles. The predicted molar refractivity (Wildman–Crippen MR) is 124 cm³/mol. The van der Waals surface area contributed by atoms with Crippen LogP contribution in [0, 0.1) is 0 Å². The SMILES string of the molecule is CCOC(=O)Cc1csc(NN=Cc2cccc(OCCCN3CCN(C)CC3)c2)n1. The van der Waals surface area contributed by atoms with Crippen LogP contribution in [0.3, 0.4) is 0 Å². The number of piperazine rings is 1. The molecule has 3 rings (SSSR count). The molecule has 1 aromatic heterocycles. The van der Waals surface area contributed by atoms with Gasteiger partial charge in [0.25, 0.3) is 0 Å². The Morgan fingerprint density at radius 3 is 2.97 bits per heavy atom. The van der Waals surface area contributed by atoms with Crippen LogP contribution in [0.2, 0.25) is 0 Å². The number of carbonyl (C=O) groups is 1. The highest BCUT2D eigenvalue weighted by Crippen LogP contribution is 2.16. The zero-order valence-electron chi connectivity index (χ0n) is 18.2. The first-order chi connectivity index (χ1) is 15.1. The topological polar surface area (TPSA) is 79.3 Å². The number of hydrazone groups is 1. The molecule has 1 aliphatic heterocycles. The van der Waals surface area contributed by atoms with E-state index in [2.05, 4.69) is 32.4 Å². The minimum Gasteiger partial charge on any atom is -0.494 e. The standard InChI is InChI=1S/C22H31N5O3S/c1-3-29-21(28)15-19-17-31-22(24-19)25-23-16-18-6-4-7-20(14-18)30-13-5-8-27-11-9-26(2)10-12-27/h4,6-7,14,16-17H,3,5,8-13,15H2,1-2H3,(H,24,25). The molecular weight excluding hydrogens is 414 g/mol. The first kappa shape index (κ1) is 23.2. The van der Waals surface area contributed by atoms with Crippen LogP contribution in [0.15, 0.2) is 34.7 Å². The lowest BCUT2D eigenvalue weighted by atomic mass is 10.2. The van der Waals surface area contributed by atoms with E-state index in [1.807, 2.05) is 29.6 Å². The number of esters is 1. The molecule has 0 spiro atoms. The molecule has 0 saturated carbocycles. The fourth-order valence-electron chi connectivity index (χ4n) is 3.20. The van der Waals surface area contributed by atoms with Crippen molar-refractivity contribution in [1.29, 1.82) is 0 Å². The zero-order chi connectivity index (χ0) is 21.9. The van der Waals surface area contributed by atoms with Crippen molar-refractivity contribution in [3.8, 4) is 5.75 Å². The number of ether oxygens (including phenoxy) is 2. The summed E-state index contributed by atoms with van der Waals surface area (Å²) in [5.41, 5.74) is 4.52. The molecule has 2 heterocycles. The van der Waals surface area contributed by atoms with Crippen molar-refractivity contribution in [1.82, 2.24) is 14.8 Å². The van der Waals surface area contributed by atoms with Gasteiger partial charge >= 0.3 is 5.97 Å². The third-order valence-electron chi connectivity index (χ3n) is 4.90. The first-order valence-corrected chi connectivity index (χ1v) is 11.5. The lowest BCUT2D eigenvalue weighted by Crippen LogP contribution is -2.44. The van der Waals surface area contributed by atoms with E-state index in [4.69, 9.17) is 9.47 Å². The molecule has 1 N–H and O–H groups in total. The molecule has 1 fully saturated rings. The molecule has 31 heavy (non-hydrogen) atoms. The Hall–Kier alpha value is -2.49. The smallest absolute Gasteiger partial charge is 0.311 e. The number of anilines is 1. The Morgan fingerprint density at radius 2 is 2.16 bits per heavy atom. The molecule has 0 bridgehead atoms. The van der Waals surface area contributed by atoms with Crippen LogP contribution in [-0.2, 0) is 16.0 Å². The Morgan fingerprint density at radius 1 is 1.32 bits per heavy atom. The summed E-state index contributed by atoms with van der Waals surface area (Å²) in [5.74, 6) is 0.566. The summed E-state index contributed by atoms with van der Waals surface area (Å²) in [6.45, 7) is 8.50. The summed E-state index contributed by atoms with van der Waals surface area (Å²) >= 11 is 1.40. The normalized spacial score (nSPS) is 15.3. The molecule has 1 aromatic carbocycles. The number of hydrogen-bond acceptors (Lipinski definition) is 9. The maximum Gasteiger partial charge on any atom is 0.311 e. The van der Waals surface area contributed by atoms with E-state index in [0.29, 0.717) is 24.0 Å². The van der Waals surface area contributed by atoms with Crippen molar-refractivity contribution in [2.45, 2.75) is 19.8 Å². The Labute approximate surface area is 187 Å². The van der Waals surface area contributed by atoms with Gasteiger partial charge in [-0.25, -0.2) is 4.98 Å². The number of benzene rings is 1. The third-order valence-corrected chi connectivity index (χ3v) is 5.69. The lowest BCUT2D eigenvalue weighted by molar-refractivity contribution is -0.142. The lowest BCUT2D eigenvalue weighted by Gasteiger charge is -2.32. The molecular formula is C22H31N5O3S. The number of likely N-dealkylation sites (N-methyl/N-ethyl adjacent to an activating group) is 1. The van der Waals surface area contributed by atoms with Gasteiger partial charge in [0.05, 0.1) is 31.5 Å². The molecule has 2 aromatic rings. The zero-order valence-corrected chi connectivity index (χ0v) is 19.1. The van der Waals surface area contributed by atoms with Crippen molar-refractivity contribution >= 4 is 28.7 Å². The van der Waals surface area contributed by atoms with E-state index in [0.717, 1.165) is 50.5 Å². The second-order valence-electron chi connectivity index (χ2n) is 7.42. The van der Waals surface area contributed by atoms with Crippen molar-refractivity contribution in [2.24, 2.45) is 5.10 Å². The molecule has 0 amide bonds. The molecule has 0 atom stereocenters. The maximum absolute atomic E-state index is 11.5. The molecule has 0 aliphatic carbocycles. The highest BCUT2D eigenvalue weighted by Gasteiger charge is 2.12. The number of carbonyl (C=O) groups excluding carboxylic acids is 1. The van der Waals surface area contributed by atoms with Crippen LogP contribution in [0.1, 0.15) is 24.6 Å². The summed E-state index contributed by atoms with van der Waals surface area (Å²) in [5, 5.41) is 6.69. The van der Waals surface area contributed by atoms with Gasteiger partial charge in [-0.2, -0.15) is 5.10 Å². The summed E-state index contributed by atoms with van der Waals surface area (Å²) in [6, 6.07) is 7.85. The average Bonchev–Trinajstić information content (AvgIpc) is 3.20. The summed E-state index contributed by atoms with van der Waals surface area (Å²) < 4.78 is 10.8. The monoisotopic (exact) mass is 445 g/mol. The van der Waals surface area contributed by atoms with Crippen LogP contribution in [0.25, 0.3) is 0 Å². The van der Waals surface area contributed by atoms with Gasteiger partial charge in [-0.1, -0.05) is 12.1 Å². The summed E-state index contributed by atoms with van der Waals surface area (Å²) in [7, 11) is 2.17. The highest BCUT2D eigenvalue weighted by atomic mass is 32.1. The number of aromatic nitrogens is 1.